The van der Waals surface area contributed by atoms with Crippen LogP contribution in [0.1, 0.15) is 65.7 Å². The molecule has 1 heterocycles. The predicted molar refractivity (Wildman–Crippen MR) is 74.6 cm³/mol. The van der Waals surface area contributed by atoms with Gasteiger partial charge >= 0.3 is 0 Å². The molecule has 19 heavy (non-hydrogen) atoms. The van der Waals surface area contributed by atoms with E-state index in [0.717, 1.165) is 38.5 Å². The second kappa shape index (κ2) is 5.51. The van der Waals surface area contributed by atoms with E-state index in [1.54, 1.807) is 0 Å². The molecular formula is C15H26N2O2. The van der Waals surface area contributed by atoms with Crippen LogP contribution in [-0.2, 0) is 9.59 Å². The standard InChI is InChI=1S/C15H26N2O2/c1-4-11(5-2)17-13(18)12(6-3)16-14(19)15(17)9-7-8-10-15/h11-12H,4-10H2,1-3H3,(H,16,19). The average molecular weight is 266 g/mol. The molecule has 2 aliphatic rings. The molecule has 2 rings (SSSR count). The van der Waals surface area contributed by atoms with E-state index in [-0.39, 0.29) is 23.9 Å². The van der Waals surface area contributed by atoms with E-state index in [1.807, 2.05) is 11.8 Å². The van der Waals surface area contributed by atoms with Gasteiger partial charge in [-0.2, -0.15) is 0 Å². The minimum atomic E-state index is -0.542. The lowest BCUT2D eigenvalue weighted by Crippen LogP contribution is -2.71. The molecule has 108 valence electrons. The number of amides is 2. The lowest BCUT2D eigenvalue weighted by Gasteiger charge is -2.49. The van der Waals surface area contributed by atoms with Gasteiger partial charge in [0.2, 0.25) is 11.8 Å². The average Bonchev–Trinajstić information content (AvgIpc) is 2.89. The Balaban J connectivity index is 2.39. The van der Waals surface area contributed by atoms with Crippen LogP contribution in [0, 0.1) is 0 Å². The zero-order chi connectivity index (χ0) is 14.0. The summed E-state index contributed by atoms with van der Waals surface area (Å²) in [5.41, 5.74) is -0.542. The Bertz CT molecular complexity index is 357. The van der Waals surface area contributed by atoms with E-state index < -0.39 is 5.54 Å². The van der Waals surface area contributed by atoms with Crippen LogP contribution >= 0.6 is 0 Å². The predicted octanol–water partition coefficient (Wildman–Crippen LogP) is 2.22. The maximum absolute atomic E-state index is 12.7. The molecule has 2 amide bonds. The summed E-state index contributed by atoms with van der Waals surface area (Å²) >= 11 is 0. The molecule has 1 saturated heterocycles. The number of nitrogens with one attached hydrogen (secondary N) is 1. The van der Waals surface area contributed by atoms with Gasteiger partial charge in [-0.1, -0.05) is 33.6 Å². The van der Waals surface area contributed by atoms with E-state index in [0.29, 0.717) is 6.42 Å². The molecule has 1 unspecified atom stereocenters. The van der Waals surface area contributed by atoms with Gasteiger partial charge in [-0.3, -0.25) is 9.59 Å². The van der Waals surface area contributed by atoms with Crippen LogP contribution in [-0.4, -0.2) is 34.3 Å². The number of hydrogen-bond donors (Lipinski definition) is 1. The third-order valence-electron chi connectivity index (χ3n) is 4.87. The van der Waals surface area contributed by atoms with Gasteiger partial charge < -0.3 is 10.2 Å². The Morgan fingerprint density at radius 2 is 1.79 bits per heavy atom. The molecule has 0 aromatic heterocycles. The van der Waals surface area contributed by atoms with E-state index in [9.17, 15) is 9.59 Å². The second-order valence-electron chi connectivity index (χ2n) is 5.85. The normalized spacial score (nSPS) is 26.3. The molecule has 0 bridgehead atoms. The molecule has 4 nitrogen and oxygen atoms in total. The van der Waals surface area contributed by atoms with Gasteiger partial charge in [0.25, 0.3) is 0 Å². The van der Waals surface area contributed by atoms with Crippen molar-refractivity contribution in [3.05, 3.63) is 0 Å². The smallest absolute Gasteiger partial charge is 0.246 e. The zero-order valence-corrected chi connectivity index (χ0v) is 12.4. The van der Waals surface area contributed by atoms with Crippen LogP contribution in [0.15, 0.2) is 0 Å². The Morgan fingerprint density at radius 1 is 1.21 bits per heavy atom. The molecule has 1 aliphatic carbocycles. The molecule has 0 radical (unpaired) electrons. The number of carbonyl (C=O) groups is 2. The topological polar surface area (TPSA) is 49.4 Å². The summed E-state index contributed by atoms with van der Waals surface area (Å²) in [5.74, 6) is 0.223. The summed E-state index contributed by atoms with van der Waals surface area (Å²) in [7, 11) is 0. The Labute approximate surface area is 115 Å². The largest absolute Gasteiger partial charge is 0.342 e. The SMILES string of the molecule is CCC1NC(=O)C2(CCCC2)N(C(CC)CC)C1=O. The van der Waals surface area contributed by atoms with Gasteiger partial charge in [0, 0.05) is 6.04 Å². The van der Waals surface area contributed by atoms with Crippen LogP contribution < -0.4 is 5.32 Å². The first-order valence-corrected chi connectivity index (χ1v) is 7.74. The van der Waals surface area contributed by atoms with Crippen LogP contribution in [0.5, 0.6) is 0 Å². The molecule has 0 aromatic carbocycles. The number of carbonyl (C=O) groups excluding carboxylic acids is 2. The first-order chi connectivity index (χ1) is 9.10. The van der Waals surface area contributed by atoms with Crippen molar-refractivity contribution in [3.8, 4) is 0 Å². The van der Waals surface area contributed by atoms with E-state index in [2.05, 4.69) is 19.2 Å². The van der Waals surface area contributed by atoms with Crippen LogP contribution in [0.25, 0.3) is 0 Å². The highest BCUT2D eigenvalue weighted by molar-refractivity contribution is 6.00. The first-order valence-electron chi connectivity index (χ1n) is 7.74. The van der Waals surface area contributed by atoms with Gasteiger partial charge in [0.1, 0.15) is 11.6 Å². The fraction of sp³-hybridized carbons (Fsp3) is 0.867. The summed E-state index contributed by atoms with van der Waals surface area (Å²) < 4.78 is 0. The first kappa shape index (κ1) is 14.4. The third kappa shape index (κ3) is 2.15. The number of piperazine rings is 1. The van der Waals surface area contributed by atoms with E-state index >= 15 is 0 Å². The molecular weight excluding hydrogens is 240 g/mol. The summed E-state index contributed by atoms with van der Waals surface area (Å²) in [6.07, 6.45) is 6.29. The van der Waals surface area contributed by atoms with Crippen molar-refractivity contribution in [1.82, 2.24) is 10.2 Å². The number of nitrogens with zero attached hydrogens (tertiary/aromatic N) is 1. The lowest BCUT2D eigenvalue weighted by atomic mass is 9.86. The van der Waals surface area contributed by atoms with Crippen molar-refractivity contribution >= 4 is 11.8 Å². The summed E-state index contributed by atoms with van der Waals surface area (Å²) in [5, 5.41) is 2.95. The van der Waals surface area contributed by atoms with Crippen LogP contribution in [0.3, 0.4) is 0 Å². The molecule has 1 atom stereocenters. The summed E-state index contributed by atoms with van der Waals surface area (Å²) in [6.45, 7) is 6.18. The van der Waals surface area contributed by atoms with Crippen LogP contribution in [0.4, 0.5) is 0 Å². The van der Waals surface area contributed by atoms with Gasteiger partial charge in [0.15, 0.2) is 0 Å². The molecule has 2 fully saturated rings. The summed E-state index contributed by atoms with van der Waals surface area (Å²) in [4.78, 5) is 27.3. The van der Waals surface area contributed by atoms with Crippen molar-refractivity contribution in [3.63, 3.8) is 0 Å². The highest BCUT2D eigenvalue weighted by atomic mass is 16.2. The minimum Gasteiger partial charge on any atom is -0.342 e. The van der Waals surface area contributed by atoms with Crippen molar-refractivity contribution in [2.24, 2.45) is 0 Å². The lowest BCUT2D eigenvalue weighted by molar-refractivity contribution is -0.161. The fourth-order valence-electron chi connectivity index (χ4n) is 3.73. The minimum absolute atomic E-state index is 0.0864. The Hall–Kier alpha value is -1.06. The second-order valence-corrected chi connectivity index (χ2v) is 5.85. The molecule has 1 spiro atoms. The van der Waals surface area contributed by atoms with Crippen molar-refractivity contribution in [2.75, 3.05) is 0 Å². The van der Waals surface area contributed by atoms with Crippen molar-refractivity contribution in [2.45, 2.75) is 83.3 Å². The number of rotatable bonds is 4. The maximum Gasteiger partial charge on any atom is 0.246 e. The fourth-order valence-corrected chi connectivity index (χ4v) is 3.73. The molecule has 4 heteroatoms. The summed E-state index contributed by atoms with van der Waals surface area (Å²) in [6, 6.07) is -0.120. The monoisotopic (exact) mass is 266 g/mol. The van der Waals surface area contributed by atoms with Gasteiger partial charge in [-0.25, -0.2) is 0 Å². The van der Waals surface area contributed by atoms with Gasteiger partial charge in [0.05, 0.1) is 0 Å². The van der Waals surface area contributed by atoms with Crippen molar-refractivity contribution in [1.29, 1.82) is 0 Å². The molecule has 1 aliphatic heterocycles. The third-order valence-corrected chi connectivity index (χ3v) is 4.87. The molecule has 1 N–H and O–H groups in total. The Kier molecular flexibility index (Phi) is 4.16. The van der Waals surface area contributed by atoms with Crippen molar-refractivity contribution < 1.29 is 9.59 Å². The molecule has 0 aromatic rings. The Morgan fingerprint density at radius 3 is 2.26 bits per heavy atom. The highest BCUT2D eigenvalue weighted by Crippen LogP contribution is 2.40. The van der Waals surface area contributed by atoms with E-state index in [1.165, 1.54) is 0 Å². The van der Waals surface area contributed by atoms with Crippen LogP contribution in [0.2, 0.25) is 0 Å². The zero-order valence-electron chi connectivity index (χ0n) is 12.4. The quantitative estimate of drug-likeness (QED) is 0.848. The van der Waals surface area contributed by atoms with E-state index in [4.69, 9.17) is 0 Å². The molecule has 1 saturated carbocycles. The van der Waals surface area contributed by atoms with Gasteiger partial charge in [-0.05, 0) is 32.1 Å². The number of hydrogen-bond acceptors (Lipinski definition) is 2. The highest BCUT2D eigenvalue weighted by Gasteiger charge is 2.54. The van der Waals surface area contributed by atoms with Gasteiger partial charge in [-0.15, -0.1) is 0 Å². The maximum atomic E-state index is 12.7.